The summed E-state index contributed by atoms with van der Waals surface area (Å²) >= 11 is 1.47. The zero-order valence-corrected chi connectivity index (χ0v) is 13.8. The van der Waals surface area contributed by atoms with Crippen molar-refractivity contribution in [3.8, 4) is 0 Å². The molecular formula is C15H19N5O2S. The van der Waals surface area contributed by atoms with E-state index in [9.17, 15) is 4.79 Å². The average Bonchev–Trinajstić information content (AvgIpc) is 3.21. The Kier molecular flexibility index (Phi) is 3.86. The second-order valence-electron chi connectivity index (χ2n) is 6.21. The Hall–Kier alpha value is -1.80. The molecule has 0 saturated carbocycles. The second-order valence-corrected chi connectivity index (χ2v) is 7.18. The molecule has 7 nitrogen and oxygen atoms in total. The standard InChI is InChI=1S/C15H19N5O2S/c1-19-9-16-18-15(19)23-14-3-2-11(22-14)7-20-5-4-10-6-13(21)17-12(10)8-20/h2-3,9-10,12H,4-8H2,1H3,(H,17,21)/t10-,12-/m1/s1. The Labute approximate surface area is 138 Å². The van der Waals surface area contributed by atoms with Crippen LogP contribution in [-0.4, -0.2) is 44.7 Å². The average molecular weight is 333 g/mol. The van der Waals surface area contributed by atoms with Crippen molar-refractivity contribution in [1.29, 1.82) is 0 Å². The molecule has 2 aliphatic rings. The zero-order valence-electron chi connectivity index (χ0n) is 12.9. The smallest absolute Gasteiger partial charge is 0.220 e. The minimum atomic E-state index is 0.196. The molecule has 4 heterocycles. The number of aryl methyl sites for hydroxylation is 1. The maximum Gasteiger partial charge on any atom is 0.220 e. The number of nitrogens with zero attached hydrogens (tertiary/aromatic N) is 4. The van der Waals surface area contributed by atoms with E-state index in [0.29, 0.717) is 18.4 Å². The van der Waals surface area contributed by atoms with Crippen LogP contribution < -0.4 is 5.32 Å². The Morgan fingerprint density at radius 2 is 2.39 bits per heavy atom. The minimum Gasteiger partial charge on any atom is -0.453 e. The van der Waals surface area contributed by atoms with E-state index in [0.717, 1.165) is 42.1 Å². The number of piperidine rings is 1. The van der Waals surface area contributed by atoms with Gasteiger partial charge in [-0.3, -0.25) is 9.69 Å². The van der Waals surface area contributed by atoms with Gasteiger partial charge in [0.15, 0.2) is 10.2 Å². The first kappa shape index (κ1) is 14.8. The summed E-state index contributed by atoms with van der Waals surface area (Å²) in [5.41, 5.74) is 0. The number of fused-ring (bicyclic) bond motifs is 1. The van der Waals surface area contributed by atoms with Gasteiger partial charge in [0.25, 0.3) is 0 Å². The number of hydrogen-bond acceptors (Lipinski definition) is 6. The van der Waals surface area contributed by atoms with Crippen molar-refractivity contribution < 1.29 is 9.21 Å². The van der Waals surface area contributed by atoms with Crippen molar-refractivity contribution in [3.63, 3.8) is 0 Å². The first-order valence-electron chi connectivity index (χ1n) is 7.79. The van der Waals surface area contributed by atoms with Gasteiger partial charge in [-0.2, -0.15) is 0 Å². The molecule has 0 radical (unpaired) electrons. The molecule has 2 aliphatic heterocycles. The van der Waals surface area contributed by atoms with Crippen LogP contribution in [0.5, 0.6) is 0 Å². The minimum absolute atomic E-state index is 0.196. The fourth-order valence-corrected chi connectivity index (χ4v) is 4.04. The van der Waals surface area contributed by atoms with Gasteiger partial charge in [-0.15, -0.1) is 10.2 Å². The molecule has 2 aromatic rings. The lowest BCUT2D eigenvalue weighted by Crippen LogP contribution is -2.46. The predicted octanol–water partition coefficient (Wildman–Crippen LogP) is 1.27. The summed E-state index contributed by atoms with van der Waals surface area (Å²) in [4.78, 5) is 13.8. The SMILES string of the molecule is Cn1cnnc1Sc1ccc(CN2CC[C@@H]3CC(=O)N[C@@H]3C2)o1. The molecule has 1 amide bonds. The summed E-state index contributed by atoms with van der Waals surface area (Å²) in [6.07, 6.45) is 3.44. The van der Waals surface area contributed by atoms with Crippen LogP contribution in [0.1, 0.15) is 18.6 Å². The number of aromatic nitrogens is 3. The summed E-state index contributed by atoms with van der Waals surface area (Å²) in [6.45, 7) is 2.70. The monoisotopic (exact) mass is 333 g/mol. The molecule has 0 bridgehead atoms. The Balaban J connectivity index is 1.36. The van der Waals surface area contributed by atoms with Crippen molar-refractivity contribution in [3.05, 3.63) is 24.2 Å². The van der Waals surface area contributed by atoms with E-state index >= 15 is 0 Å². The Morgan fingerprint density at radius 3 is 3.22 bits per heavy atom. The van der Waals surface area contributed by atoms with Crippen LogP contribution in [0.2, 0.25) is 0 Å². The van der Waals surface area contributed by atoms with Crippen LogP contribution in [0.15, 0.2) is 33.1 Å². The van der Waals surface area contributed by atoms with E-state index in [2.05, 4.69) is 20.4 Å². The van der Waals surface area contributed by atoms with Crippen LogP contribution in [-0.2, 0) is 18.4 Å². The molecule has 122 valence electrons. The summed E-state index contributed by atoms with van der Waals surface area (Å²) in [5, 5.41) is 12.6. The van der Waals surface area contributed by atoms with Gasteiger partial charge in [-0.1, -0.05) is 0 Å². The molecule has 4 rings (SSSR count). The van der Waals surface area contributed by atoms with Gasteiger partial charge in [0.05, 0.1) is 6.54 Å². The molecule has 0 unspecified atom stereocenters. The third-order valence-corrected chi connectivity index (χ3v) is 5.48. The van der Waals surface area contributed by atoms with Crippen LogP contribution in [0.4, 0.5) is 0 Å². The lowest BCUT2D eigenvalue weighted by Gasteiger charge is -2.33. The first-order chi connectivity index (χ1) is 11.2. The number of carbonyl (C=O) groups excluding carboxylic acids is 1. The molecule has 8 heteroatoms. The highest BCUT2D eigenvalue weighted by atomic mass is 32.2. The Morgan fingerprint density at radius 1 is 1.48 bits per heavy atom. The van der Waals surface area contributed by atoms with Crippen LogP contribution in [0.25, 0.3) is 0 Å². The highest BCUT2D eigenvalue weighted by Gasteiger charge is 2.36. The van der Waals surface area contributed by atoms with Gasteiger partial charge >= 0.3 is 0 Å². The zero-order chi connectivity index (χ0) is 15.8. The molecule has 2 saturated heterocycles. The topological polar surface area (TPSA) is 76.2 Å². The van der Waals surface area contributed by atoms with E-state index in [4.69, 9.17) is 4.42 Å². The van der Waals surface area contributed by atoms with Crippen LogP contribution >= 0.6 is 11.8 Å². The fraction of sp³-hybridized carbons (Fsp3) is 0.533. The quantitative estimate of drug-likeness (QED) is 0.908. The summed E-state index contributed by atoms with van der Waals surface area (Å²) in [6, 6.07) is 4.29. The van der Waals surface area contributed by atoms with Gasteiger partial charge in [-0.25, -0.2) is 0 Å². The number of furan rings is 1. The van der Waals surface area contributed by atoms with Gasteiger partial charge in [-0.05, 0) is 42.8 Å². The first-order valence-corrected chi connectivity index (χ1v) is 8.61. The van der Waals surface area contributed by atoms with E-state index in [1.165, 1.54) is 11.8 Å². The molecule has 0 spiro atoms. The molecule has 0 aromatic carbocycles. The van der Waals surface area contributed by atoms with Gasteiger partial charge in [0.2, 0.25) is 5.91 Å². The molecular weight excluding hydrogens is 314 g/mol. The number of likely N-dealkylation sites (tertiary alicyclic amines) is 1. The van der Waals surface area contributed by atoms with Crippen LogP contribution in [0, 0.1) is 5.92 Å². The predicted molar refractivity (Wildman–Crippen MR) is 83.8 cm³/mol. The third kappa shape index (κ3) is 3.13. The molecule has 1 N–H and O–H groups in total. The fourth-order valence-electron chi connectivity index (χ4n) is 3.30. The van der Waals surface area contributed by atoms with Gasteiger partial charge < -0.3 is 14.3 Å². The molecule has 2 aromatic heterocycles. The van der Waals surface area contributed by atoms with Gasteiger partial charge in [0.1, 0.15) is 12.1 Å². The molecule has 2 fully saturated rings. The largest absolute Gasteiger partial charge is 0.453 e. The number of rotatable bonds is 4. The van der Waals surface area contributed by atoms with Crippen molar-refractivity contribution in [2.45, 2.75) is 35.7 Å². The van der Waals surface area contributed by atoms with Crippen molar-refractivity contribution in [1.82, 2.24) is 25.0 Å². The second kappa shape index (κ2) is 6.01. The van der Waals surface area contributed by atoms with Crippen molar-refractivity contribution in [2.24, 2.45) is 13.0 Å². The van der Waals surface area contributed by atoms with E-state index in [1.54, 1.807) is 6.33 Å². The normalized spacial score (nSPS) is 24.7. The molecule has 23 heavy (non-hydrogen) atoms. The van der Waals surface area contributed by atoms with Crippen molar-refractivity contribution in [2.75, 3.05) is 13.1 Å². The summed E-state index contributed by atoms with van der Waals surface area (Å²) in [5.74, 6) is 1.65. The van der Waals surface area contributed by atoms with E-state index < -0.39 is 0 Å². The summed E-state index contributed by atoms with van der Waals surface area (Å²) in [7, 11) is 1.91. The maximum absolute atomic E-state index is 11.5. The number of nitrogens with one attached hydrogen (secondary N) is 1. The molecule has 0 aliphatic carbocycles. The lowest BCUT2D eigenvalue weighted by molar-refractivity contribution is -0.119. The third-order valence-electron chi connectivity index (χ3n) is 4.51. The van der Waals surface area contributed by atoms with Crippen molar-refractivity contribution >= 4 is 17.7 Å². The number of amides is 1. The maximum atomic E-state index is 11.5. The number of hydrogen-bond donors (Lipinski definition) is 1. The lowest BCUT2D eigenvalue weighted by atomic mass is 9.92. The van der Waals surface area contributed by atoms with Crippen LogP contribution in [0.3, 0.4) is 0 Å². The highest BCUT2D eigenvalue weighted by Crippen LogP contribution is 2.29. The van der Waals surface area contributed by atoms with Gasteiger partial charge in [0, 0.05) is 26.1 Å². The number of carbonyl (C=O) groups is 1. The molecule has 2 atom stereocenters. The Bertz CT molecular complexity index is 712. The van der Waals surface area contributed by atoms with E-state index in [1.807, 2.05) is 23.7 Å². The van der Waals surface area contributed by atoms with E-state index in [-0.39, 0.29) is 5.91 Å². The highest BCUT2D eigenvalue weighted by molar-refractivity contribution is 7.99. The summed E-state index contributed by atoms with van der Waals surface area (Å²) < 4.78 is 7.76.